The van der Waals surface area contributed by atoms with E-state index >= 15 is 0 Å². The predicted octanol–water partition coefficient (Wildman–Crippen LogP) is 5.34. The minimum absolute atomic E-state index is 0.843. The van der Waals surface area contributed by atoms with Crippen LogP contribution in [0.5, 0.6) is 0 Å². The number of aromatic nitrogens is 1. The third kappa shape index (κ3) is 4.71. The van der Waals surface area contributed by atoms with Crippen LogP contribution in [-0.2, 0) is 0 Å². The highest BCUT2D eigenvalue weighted by molar-refractivity contribution is 6.10. The summed E-state index contributed by atoms with van der Waals surface area (Å²) >= 11 is 0. The van der Waals surface area contributed by atoms with Crippen molar-refractivity contribution in [2.24, 2.45) is 0 Å². The zero-order valence-corrected chi connectivity index (χ0v) is 19.1. The fourth-order valence-electron chi connectivity index (χ4n) is 3.60. The van der Waals surface area contributed by atoms with Crippen LogP contribution in [0.15, 0.2) is 60.7 Å². The van der Waals surface area contributed by atoms with Gasteiger partial charge in [-0.15, -0.1) is 0 Å². The topological polar surface area (TPSA) is 45.4 Å². The summed E-state index contributed by atoms with van der Waals surface area (Å²) in [5.74, 6) is 12.0. The van der Waals surface area contributed by atoms with E-state index in [1.807, 2.05) is 12.1 Å². The Labute approximate surface area is 189 Å². The molecule has 2 N–H and O–H groups in total. The molecule has 0 unspecified atom stereocenters. The van der Waals surface area contributed by atoms with Crippen molar-refractivity contribution in [2.75, 3.05) is 0 Å². The molecule has 0 radical (unpaired) electrons. The SMILES string of the molecule is Cc1ccc(-n2c3ccc(C#CC(C)(C)O)cc3c3cc(C#CC(C)(C)O)ccc32)cc1. The van der Waals surface area contributed by atoms with E-state index < -0.39 is 11.2 Å². The monoisotopic (exact) mass is 421 g/mol. The number of aryl methyl sites for hydroxylation is 1. The van der Waals surface area contributed by atoms with Gasteiger partial charge in [0.05, 0.1) is 11.0 Å². The maximum absolute atomic E-state index is 9.99. The number of hydrogen-bond acceptors (Lipinski definition) is 2. The average Bonchev–Trinajstić information content (AvgIpc) is 3.03. The van der Waals surface area contributed by atoms with Crippen molar-refractivity contribution in [3.8, 4) is 29.4 Å². The molecule has 0 aliphatic heterocycles. The number of fused-ring (bicyclic) bond motifs is 3. The number of rotatable bonds is 1. The van der Waals surface area contributed by atoms with Gasteiger partial charge in [0.1, 0.15) is 11.2 Å². The van der Waals surface area contributed by atoms with E-state index in [0.29, 0.717) is 0 Å². The standard InChI is InChI=1S/C29H27NO2/c1-20-6-10-23(11-7-20)30-26-12-8-21(14-16-28(2,3)31)18-24(26)25-19-22(9-13-27(25)30)15-17-29(4,5)32/h6-13,18-19,31-32H,1-5H3. The summed E-state index contributed by atoms with van der Waals surface area (Å²) in [6.45, 7) is 8.78. The number of aliphatic hydroxyl groups is 2. The van der Waals surface area contributed by atoms with Gasteiger partial charge in [0.15, 0.2) is 0 Å². The van der Waals surface area contributed by atoms with Crippen LogP contribution < -0.4 is 0 Å². The van der Waals surface area contributed by atoms with E-state index in [4.69, 9.17) is 0 Å². The Morgan fingerprint density at radius 2 is 1.09 bits per heavy atom. The molecule has 3 nitrogen and oxygen atoms in total. The van der Waals surface area contributed by atoms with Crippen molar-refractivity contribution < 1.29 is 10.2 Å². The van der Waals surface area contributed by atoms with Crippen LogP contribution in [0.4, 0.5) is 0 Å². The Bertz CT molecular complexity index is 1350. The molecule has 0 atom stereocenters. The first-order valence-electron chi connectivity index (χ1n) is 10.7. The highest BCUT2D eigenvalue weighted by Gasteiger charge is 2.14. The summed E-state index contributed by atoms with van der Waals surface area (Å²) < 4.78 is 2.24. The molecule has 1 aromatic heterocycles. The third-order valence-electron chi connectivity index (χ3n) is 5.08. The lowest BCUT2D eigenvalue weighted by Gasteiger charge is -2.08. The van der Waals surface area contributed by atoms with Crippen LogP contribution >= 0.6 is 0 Å². The summed E-state index contributed by atoms with van der Waals surface area (Å²) in [7, 11) is 0. The van der Waals surface area contributed by atoms with Crippen LogP contribution in [0.3, 0.4) is 0 Å². The fraction of sp³-hybridized carbons (Fsp3) is 0.241. The number of benzene rings is 3. The van der Waals surface area contributed by atoms with Gasteiger partial charge in [0.25, 0.3) is 0 Å². The first-order valence-corrected chi connectivity index (χ1v) is 10.7. The lowest BCUT2D eigenvalue weighted by atomic mass is 10.1. The van der Waals surface area contributed by atoms with Crippen LogP contribution in [-0.4, -0.2) is 26.0 Å². The van der Waals surface area contributed by atoms with Crippen molar-refractivity contribution in [1.82, 2.24) is 4.57 Å². The number of nitrogens with zero attached hydrogens (tertiary/aromatic N) is 1. The predicted molar refractivity (Wildman–Crippen MR) is 132 cm³/mol. The Hall–Kier alpha value is -3.50. The van der Waals surface area contributed by atoms with Gasteiger partial charge < -0.3 is 14.8 Å². The molecule has 0 spiro atoms. The lowest BCUT2D eigenvalue weighted by molar-refractivity contribution is 0.143. The summed E-state index contributed by atoms with van der Waals surface area (Å²) in [5, 5.41) is 22.1. The molecule has 1 heterocycles. The Kier molecular flexibility index (Phi) is 5.35. The first kappa shape index (κ1) is 21.7. The van der Waals surface area contributed by atoms with Gasteiger partial charge in [-0.2, -0.15) is 0 Å². The van der Waals surface area contributed by atoms with Crippen molar-refractivity contribution in [1.29, 1.82) is 0 Å². The highest BCUT2D eigenvalue weighted by atomic mass is 16.3. The summed E-state index contributed by atoms with van der Waals surface area (Å²) in [4.78, 5) is 0. The van der Waals surface area contributed by atoms with Crippen LogP contribution in [0.2, 0.25) is 0 Å². The molecule has 0 fully saturated rings. The van der Waals surface area contributed by atoms with E-state index in [9.17, 15) is 10.2 Å². The van der Waals surface area contributed by atoms with E-state index in [-0.39, 0.29) is 0 Å². The quantitative estimate of drug-likeness (QED) is 0.408. The molecule has 32 heavy (non-hydrogen) atoms. The summed E-state index contributed by atoms with van der Waals surface area (Å²) in [6.07, 6.45) is 0. The summed E-state index contributed by atoms with van der Waals surface area (Å²) in [5.41, 5.74) is 4.03. The number of hydrogen-bond donors (Lipinski definition) is 2. The molecular formula is C29H27NO2. The van der Waals surface area contributed by atoms with Crippen molar-refractivity contribution >= 4 is 21.8 Å². The van der Waals surface area contributed by atoms with Crippen LogP contribution in [0.1, 0.15) is 44.4 Å². The van der Waals surface area contributed by atoms with Gasteiger partial charge in [-0.1, -0.05) is 41.4 Å². The van der Waals surface area contributed by atoms with Crippen molar-refractivity contribution in [3.05, 3.63) is 77.4 Å². The smallest absolute Gasteiger partial charge is 0.120 e. The van der Waals surface area contributed by atoms with Gasteiger partial charge in [0.2, 0.25) is 0 Å². The molecule has 0 aliphatic carbocycles. The fourth-order valence-corrected chi connectivity index (χ4v) is 3.60. The van der Waals surface area contributed by atoms with E-state index in [2.05, 4.69) is 83.7 Å². The molecule has 0 saturated carbocycles. The second-order valence-corrected chi connectivity index (χ2v) is 9.25. The molecule has 3 heteroatoms. The van der Waals surface area contributed by atoms with E-state index in [0.717, 1.165) is 38.6 Å². The van der Waals surface area contributed by atoms with Crippen molar-refractivity contribution in [2.45, 2.75) is 45.8 Å². The maximum atomic E-state index is 9.99. The molecule has 0 aliphatic rings. The average molecular weight is 422 g/mol. The zero-order valence-electron chi connectivity index (χ0n) is 19.1. The third-order valence-corrected chi connectivity index (χ3v) is 5.08. The Morgan fingerprint density at radius 1 is 0.656 bits per heavy atom. The molecule has 4 rings (SSSR count). The minimum Gasteiger partial charge on any atom is -0.378 e. The molecular weight excluding hydrogens is 394 g/mol. The second-order valence-electron chi connectivity index (χ2n) is 9.25. The normalized spacial score (nSPS) is 11.7. The largest absolute Gasteiger partial charge is 0.378 e. The van der Waals surface area contributed by atoms with Gasteiger partial charge in [0, 0.05) is 27.6 Å². The van der Waals surface area contributed by atoms with Gasteiger partial charge >= 0.3 is 0 Å². The van der Waals surface area contributed by atoms with Gasteiger partial charge in [-0.05, 0) is 83.1 Å². The second kappa shape index (κ2) is 7.88. The Balaban J connectivity index is 2.00. The highest BCUT2D eigenvalue weighted by Crippen LogP contribution is 2.33. The van der Waals surface area contributed by atoms with Gasteiger partial charge in [-0.3, -0.25) is 0 Å². The van der Waals surface area contributed by atoms with Crippen molar-refractivity contribution in [3.63, 3.8) is 0 Å². The first-order chi connectivity index (χ1) is 15.0. The molecule has 0 amide bonds. The molecule has 160 valence electrons. The molecule has 4 aromatic rings. The lowest BCUT2D eigenvalue weighted by Crippen LogP contribution is -2.14. The molecule has 0 saturated heterocycles. The summed E-state index contributed by atoms with van der Waals surface area (Å²) in [6, 6.07) is 20.7. The zero-order chi connectivity index (χ0) is 23.1. The molecule has 0 bridgehead atoms. The Morgan fingerprint density at radius 3 is 1.50 bits per heavy atom. The minimum atomic E-state index is -1.05. The maximum Gasteiger partial charge on any atom is 0.120 e. The van der Waals surface area contributed by atoms with Crippen LogP contribution in [0, 0.1) is 30.6 Å². The van der Waals surface area contributed by atoms with Gasteiger partial charge in [-0.25, -0.2) is 0 Å². The van der Waals surface area contributed by atoms with E-state index in [1.54, 1.807) is 27.7 Å². The molecule has 3 aromatic carbocycles. The van der Waals surface area contributed by atoms with E-state index in [1.165, 1.54) is 5.56 Å². The van der Waals surface area contributed by atoms with Crippen LogP contribution in [0.25, 0.3) is 27.5 Å².